The zero-order chi connectivity index (χ0) is 15.2. The zero-order valence-corrected chi connectivity index (χ0v) is 12.2. The van der Waals surface area contributed by atoms with E-state index in [9.17, 15) is 15.3 Å². The van der Waals surface area contributed by atoms with E-state index in [-0.39, 0.29) is 17.4 Å². The van der Waals surface area contributed by atoms with Gasteiger partial charge in [0.25, 0.3) is 0 Å². The van der Waals surface area contributed by atoms with E-state index in [2.05, 4.69) is 0 Å². The highest BCUT2D eigenvalue weighted by Crippen LogP contribution is 2.27. The molecule has 3 N–H and O–H groups in total. The Labute approximate surface area is 125 Å². The Balaban J connectivity index is 1.82. The van der Waals surface area contributed by atoms with Crippen LogP contribution in [0.2, 0.25) is 0 Å². The van der Waals surface area contributed by atoms with Gasteiger partial charge < -0.3 is 15.3 Å². The lowest BCUT2D eigenvalue weighted by molar-refractivity contribution is 0.111. The summed E-state index contributed by atoms with van der Waals surface area (Å²) in [5, 5.41) is 28.8. The molecule has 2 aromatic carbocycles. The molecule has 21 heavy (non-hydrogen) atoms. The van der Waals surface area contributed by atoms with E-state index in [1.165, 1.54) is 5.56 Å². The van der Waals surface area contributed by atoms with E-state index in [4.69, 9.17) is 0 Å². The van der Waals surface area contributed by atoms with Crippen molar-refractivity contribution in [1.82, 2.24) is 0 Å². The predicted molar refractivity (Wildman–Crippen MR) is 83.3 cm³/mol. The van der Waals surface area contributed by atoms with E-state index in [1.807, 2.05) is 19.1 Å². The van der Waals surface area contributed by atoms with Crippen molar-refractivity contribution >= 4 is 0 Å². The second-order valence-corrected chi connectivity index (χ2v) is 5.57. The normalized spacial score (nSPS) is 13.8. The molecule has 0 aromatic heterocycles. The van der Waals surface area contributed by atoms with Crippen molar-refractivity contribution in [2.75, 3.05) is 0 Å². The SMILES string of the molecule is C[C@H](CCCc1ccc(O)cc1)[C@H](O)c1ccc(O)cc1. The first-order valence-electron chi connectivity index (χ1n) is 7.31. The van der Waals surface area contributed by atoms with Gasteiger partial charge in [0, 0.05) is 0 Å². The molecule has 3 nitrogen and oxygen atoms in total. The Morgan fingerprint density at radius 1 is 0.857 bits per heavy atom. The van der Waals surface area contributed by atoms with Crippen LogP contribution < -0.4 is 0 Å². The van der Waals surface area contributed by atoms with Gasteiger partial charge in [0.05, 0.1) is 6.10 Å². The quantitative estimate of drug-likeness (QED) is 0.757. The minimum absolute atomic E-state index is 0.159. The number of hydrogen-bond donors (Lipinski definition) is 3. The van der Waals surface area contributed by atoms with Crippen LogP contribution in [0.3, 0.4) is 0 Å². The molecule has 0 bridgehead atoms. The molecule has 0 aliphatic carbocycles. The molecule has 0 radical (unpaired) electrons. The van der Waals surface area contributed by atoms with Crippen LogP contribution in [-0.4, -0.2) is 15.3 Å². The maximum Gasteiger partial charge on any atom is 0.115 e. The van der Waals surface area contributed by atoms with Gasteiger partial charge in [-0.15, -0.1) is 0 Å². The summed E-state index contributed by atoms with van der Waals surface area (Å²) in [7, 11) is 0. The number of phenols is 2. The number of hydrogen-bond acceptors (Lipinski definition) is 3. The molecule has 0 amide bonds. The monoisotopic (exact) mass is 286 g/mol. The smallest absolute Gasteiger partial charge is 0.115 e. The van der Waals surface area contributed by atoms with Crippen LogP contribution in [0.4, 0.5) is 0 Å². The average molecular weight is 286 g/mol. The minimum Gasteiger partial charge on any atom is -0.508 e. The number of aryl methyl sites for hydroxylation is 1. The number of aliphatic hydroxyl groups excluding tert-OH is 1. The van der Waals surface area contributed by atoms with Gasteiger partial charge in [-0.3, -0.25) is 0 Å². The molecule has 0 saturated carbocycles. The molecule has 2 atom stereocenters. The van der Waals surface area contributed by atoms with Gasteiger partial charge >= 0.3 is 0 Å². The maximum atomic E-state index is 10.3. The van der Waals surface area contributed by atoms with Gasteiger partial charge in [0.2, 0.25) is 0 Å². The summed E-state index contributed by atoms with van der Waals surface area (Å²) >= 11 is 0. The Bertz CT molecular complexity index is 546. The topological polar surface area (TPSA) is 60.7 Å². The van der Waals surface area contributed by atoms with E-state index < -0.39 is 6.10 Å². The summed E-state index contributed by atoms with van der Waals surface area (Å²) in [6.07, 6.45) is 2.34. The first-order chi connectivity index (χ1) is 10.1. The van der Waals surface area contributed by atoms with Crippen LogP contribution in [-0.2, 0) is 6.42 Å². The fourth-order valence-corrected chi connectivity index (χ4v) is 2.45. The van der Waals surface area contributed by atoms with Crippen molar-refractivity contribution in [3.8, 4) is 11.5 Å². The molecular formula is C18H22O3. The number of benzene rings is 2. The molecule has 112 valence electrons. The molecule has 0 saturated heterocycles. The first-order valence-corrected chi connectivity index (χ1v) is 7.31. The highest BCUT2D eigenvalue weighted by atomic mass is 16.3. The molecule has 2 rings (SSSR count). The van der Waals surface area contributed by atoms with Crippen LogP contribution in [0.5, 0.6) is 11.5 Å². The standard InChI is InChI=1S/C18H22O3/c1-13(18(21)15-7-11-17(20)12-8-15)3-2-4-14-5-9-16(19)10-6-14/h5-13,18-21H,2-4H2,1H3/t13-,18+/m1/s1. The lowest BCUT2D eigenvalue weighted by Crippen LogP contribution is -2.09. The summed E-state index contributed by atoms with van der Waals surface area (Å²) in [4.78, 5) is 0. The molecule has 0 unspecified atom stereocenters. The van der Waals surface area contributed by atoms with Gasteiger partial charge in [-0.05, 0) is 60.6 Å². The van der Waals surface area contributed by atoms with Crippen molar-refractivity contribution in [3.63, 3.8) is 0 Å². The summed E-state index contributed by atoms with van der Waals surface area (Å²) in [6.45, 7) is 2.04. The third kappa shape index (κ3) is 4.50. The fourth-order valence-electron chi connectivity index (χ4n) is 2.45. The fraction of sp³-hybridized carbons (Fsp3) is 0.333. The Hall–Kier alpha value is -2.00. The van der Waals surface area contributed by atoms with Crippen molar-refractivity contribution in [2.24, 2.45) is 5.92 Å². The summed E-state index contributed by atoms with van der Waals surface area (Å²) in [5.41, 5.74) is 2.03. The number of aliphatic hydroxyl groups is 1. The van der Waals surface area contributed by atoms with E-state index in [0.717, 1.165) is 24.8 Å². The van der Waals surface area contributed by atoms with E-state index in [1.54, 1.807) is 36.4 Å². The van der Waals surface area contributed by atoms with Crippen molar-refractivity contribution < 1.29 is 15.3 Å². The third-order valence-corrected chi connectivity index (χ3v) is 3.83. The molecule has 2 aromatic rings. The van der Waals surface area contributed by atoms with Gasteiger partial charge in [0.1, 0.15) is 11.5 Å². The van der Waals surface area contributed by atoms with E-state index in [0.29, 0.717) is 0 Å². The molecule has 0 aliphatic rings. The van der Waals surface area contributed by atoms with Gasteiger partial charge in [-0.1, -0.05) is 31.2 Å². The Morgan fingerprint density at radius 3 is 1.95 bits per heavy atom. The second-order valence-electron chi connectivity index (χ2n) is 5.57. The third-order valence-electron chi connectivity index (χ3n) is 3.83. The predicted octanol–water partition coefficient (Wildman–Crippen LogP) is 3.79. The highest BCUT2D eigenvalue weighted by Gasteiger charge is 2.16. The van der Waals surface area contributed by atoms with Crippen LogP contribution in [0.25, 0.3) is 0 Å². The molecule has 0 heterocycles. The van der Waals surface area contributed by atoms with Crippen molar-refractivity contribution in [3.05, 3.63) is 59.7 Å². The molecule has 3 heteroatoms. The lowest BCUT2D eigenvalue weighted by Gasteiger charge is -2.19. The van der Waals surface area contributed by atoms with Gasteiger partial charge in [-0.2, -0.15) is 0 Å². The Morgan fingerprint density at radius 2 is 1.38 bits per heavy atom. The highest BCUT2D eigenvalue weighted by molar-refractivity contribution is 5.28. The molecule has 0 spiro atoms. The largest absolute Gasteiger partial charge is 0.508 e. The zero-order valence-electron chi connectivity index (χ0n) is 12.2. The second kappa shape index (κ2) is 7.14. The van der Waals surface area contributed by atoms with Crippen LogP contribution >= 0.6 is 0 Å². The van der Waals surface area contributed by atoms with Crippen molar-refractivity contribution in [2.45, 2.75) is 32.3 Å². The van der Waals surface area contributed by atoms with Gasteiger partial charge in [-0.25, -0.2) is 0 Å². The lowest BCUT2D eigenvalue weighted by atomic mass is 9.92. The average Bonchev–Trinajstić information content (AvgIpc) is 2.49. The van der Waals surface area contributed by atoms with Crippen LogP contribution in [0.1, 0.15) is 37.0 Å². The summed E-state index contributed by atoms with van der Waals surface area (Å²) in [5.74, 6) is 0.660. The van der Waals surface area contributed by atoms with Crippen LogP contribution in [0.15, 0.2) is 48.5 Å². The van der Waals surface area contributed by atoms with Crippen LogP contribution in [0, 0.1) is 5.92 Å². The number of rotatable bonds is 6. The molecule has 0 fully saturated rings. The molecular weight excluding hydrogens is 264 g/mol. The minimum atomic E-state index is -0.509. The number of aromatic hydroxyl groups is 2. The van der Waals surface area contributed by atoms with Crippen molar-refractivity contribution in [1.29, 1.82) is 0 Å². The summed E-state index contributed by atoms with van der Waals surface area (Å²) < 4.78 is 0. The Kier molecular flexibility index (Phi) is 5.23. The first kappa shape index (κ1) is 15.4. The summed E-state index contributed by atoms with van der Waals surface area (Å²) in [6, 6.07) is 14.0. The van der Waals surface area contributed by atoms with Gasteiger partial charge in [0.15, 0.2) is 0 Å². The van der Waals surface area contributed by atoms with E-state index >= 15 is 0 Å². The molecule has 0 aliphatic heterocycles. The maximum absolute atomic E-state index is 10.3. The number of phenolic OH excluding ortho intramolecular Hbond substituents is 2.